The van der Waals surface area contributed by atoms with Crippen LogP contribution in [0, 0.1) is 6.92 Å². The predicted molar refractivity (Wildman–Crippen MR) is 81.5 cm³/mol. The molecule has 7 nitrogen and oxygen atoms in total. The van der Waals surface area contributed by atoms with Crippen molar-refractivity contribution in [2.45, 2.75) is 25.2 Å². The van der Waals surface area contributed by atoms with Gasteiger partial charge in [0.1, 0.15) is 5.76 Å². The summed E-state index contributed by atoms with van der Waals surface area (Å²) < 4.78 is 33.8. The summed E-state index contributed by atoms with van der Waals surface area (Å²) in [6, 6.07) is 8.22. The molecule has 0 saturated heterocycles. The second kappa shape index (κ2) is 5.96. The van der Waals surface area contributed by atoms with Gasteiger partial charge in [0.25, 0.3) is 0 Å². The average Bonchev–Trinajstić information content (AvgIpc) is 3.17. The fourth-order valence-electron chi connectivity index (χ4n) is 2.08. The molecule has 0 spiro atoms. The standard InChI is InChI=1S/C15H15N3O4S/c1-3-23(19,20)13-6-4-11(5-7-13)15-16-14(22-18-15)9-12-8-10(2)21-17-12/h4-8H,3,9H2,1-2H3. The van der Waals surface area contributed by atoms with E-state index in [1.807, 2.05) is 6.92 Å². The van der Waals surface area contributed by atoms with Crippen molar-refractivity contribution in [2.75, 3.05) is 5.75 Å². The van der Waals surface area contributed by atoms with Gasteiger partial charge in [-0.2, -0.15) is 4.98 Å². The summed E-state index contributed by atoms with van der Waals surface area (Å²) in [5.74, 6) is 1.60. The maximum atomic E-state index is 11.8. The van der Waals surface area contributed by atoms with Crippen LogP contribution in [0.2, 0.25) is 0 Å². The molecule has 0 bridgehead atoms. The molecule has 3 aromatic rings. The van der Waals surface area contributed by atoms with E-state index in [1.165, 1.54) is 0 Å². The molecule has 0 radical (unpaired) electrons. The van der Waals surface area contributed by atoms with Gasteiger partial charge in [0, 0.05) is 11.6 Å². The van der Waals surface area contributed by atoms with Gasteiger partial charge in [-0.25, -0.2) is 8.42 Å². The highest BCUT2D eigenvalue weighted by molar-refractivity contribution is 7.91. The van der Waals surface area contributed by atoms with Crippen LogP contribution in [0.25, 0.3) is 11.4 Å². The van der Waals surface area contributed by atoms with Crippen LogP contribution in [0.3, 0.4) is 0 Å². The molecule has 1 aromatic carbocycles. The number of aromatic nitrogens is 3. The van der Waals surface area contributed by atoms with Crippen molar-refractivity contribution in [3.8, 4) is 11.4 Å². The zero-order chi connectivity index (χ0) is 16.4. The van der Waals surface area contributed by atoms with Gasteiger partial charge in [0.15, 0.2) is 9.84 Å². The summed E-state index contributed by atoms with van der Waals surface area (Å²) in [4.78, 5) is 4.57. The Hall–Kier alpha value is -2.48. The van der Waals surface area contributed by atoms with Gasteiger partial charge in [0.2, 0.25) is 11.7 Å². The van der Waals surface area contributed by atoms with E-state index in [4.69, 9.17) is 9.05 Å². The number of hydrogen-bond donors (Lipinski definition) is 0. The molecule has 3 rings (SSSR count). The molecule has 0 unspecified atom stereocenters. The van der Waals surface area contributed by atoms with E-state index in [0.29, 0.717) is 35.2 Å². The third-order valence-electron chi connectivity index (χ3n) is 3.33. The molecule has 0 fully saturated rings. The Bertz CT molecular complexity index is 910. The van der Waals surface area contributed by atoms with E-state index < -0.39 is 9.84 Å². The van der Waals surface area contributed by atoms with Gasteiger partial charge < -0.3 is 9.05 Å². The van der Waals surface area contributed by atoms with Crippen LogP contribution < -0.4 is 0 Å². The maximum Gasteiger partial charge on any atom is 0.233 e. The molecule has 2 aromatic heterocycles. The third-order valence-corrected chi connectivity index (χ3v) is 5.08. The molecular formula is C15H15N3O4S. The van der Waals surface area contributed by atoms with Crippen LogP contribution in [0.5, 0.6) is 0 Å². The minimum Gasteiger partial charge on any atom is -0.361 e. The summed E-state index contributed by atoms with van der Waals surface area (Å²) in [7, 11) is -3.21. The zero-order valence-electron chi connectivity index (χ0n) is 12.7. The first-order chi connectivity index (χ1) is 11.0. The fraction of sp³-hybridized carbons (Fsp3) is 0.267. The lowest BCUT2D eigenvalue weighted by atomic mass is 10.2. The first kappa shape index (κ1) is 15.4. The fourth-order valence-corrected chi connectivity index (χ4v) is 2.96. The largest absolute Gasteiger partial charge is 0.361 e. The Labute approximate surface area is 133 Å². The number of hydrogen-bond acceptors (Lipinski definition) is 7. The van der Waals surface area contributed by atoms with Crippen molar-refractivity contribution in [1.29, 1.82) is 0 Å². The maximum absolute atomic E-state index is 11.8. The summed E-state index contributed by atoms with van der Waals surface area (Å²) in [5.41, 5.74) is 1.40. The van der Waals surface area contributed by atoms with Crippen LogP contribution in [0.15, 0.2) is 44.3 Å². The third kappa shape index (κ3) is 3.31. The van der Waals surface area contributed by atoms with E-state index in [9.17, 15) is 8.42 Å². The predicted octanol–water partition coefficient (Wildman–Crippen LogP) is 2.42. The molecule has 0 N–H and O–H groups in total. The van der Waals surface area contributed by atoms with E-state index >= 15 is 0 Å². The Morgan fingerprint density at radius 1 is 1.09 bits per heavy atom. The summed E-state index contributed by atoms with van der Waals surface area (Å²) in [6.07, 6.45) is 0.382. The molecular weight excluding hydrogens is 318 g/mol. The van der Waals surface area contributed by atoms with Crippen molar-refractivity contribution in [2.24, 2.45) is 0 Å². The average molecular weight is 333 g/mol. The van der Waals surface area contributed by atoms with Crippen molar-refractivity contribution >= 4 is 9.84 Å². The second-order valence-corrected chi connectivity index (χ2v) is 7.32. The topological polar surface area (TPSA) is 99.1 Å². The molecule has 0 amide bonds. The highest BCUT2D eigenvalue weighted by Crippen LogP contribution is 2.20. The van der Waals surface area contributed by atoms with Crippen LogP contribution in [0.4, 0.5) is 0 Å². The molecule has 120 valence electrons. The highest BCUT2D eigenvalue weighted by atomic mass is 32.2. The Morgan fingerprint density at radius 2 is 1.83 bits per heavy atom. The minimum absolute atomic E-state index is 0.0653. The van der Waals surface area contributed by atoms with Crippen molar-refractivity contribution in [3.05, 3.63) is 47.7 Å². The summed E-state index contributed by atoms with van der Waals surface area (Å²) >= 11 is 0. The van der Waals surface area contributed by atoms with Crippen molar-refractivity contribution < 1.29 is 17.5 Å². The van der Waals surface area contributed by atoms with Crippen LogP contribution in [-0.2, 0) is 16.3 Å². The molecule has 0 aliphatic heterocycles. The van der Waals surface area contributed by atoms with Gasteiger partial charge in [-0.3, -0.25) is 0 Å². The Balaban J connectivity index is 1.80. The summed E-state index contributed by atoms with van der Waals surface area (Å²) in [5, 5.41) is 7.78. The van der Waals surface area contributed by atoms with Gasteiger partial charge in [-0.1, -0.05) is 17.2 Å². The van der Waals surface area contributed by atoms with E-state index in [-0.39, 0.29) is 10.6 Å². The number of nitrogens with zero attached hydrogens (tertiary/aromatic N) is 3. The van der Waals surface area contributed by atoms with E-state index in [0.717, 1.165) is 0 Å². The minimum atomic E-state index is -3.21. The number of benzene rings is 1. The SMILES string of the molecule is CCS(=O)(=O)c1ccc(-c2noc(Cc3cc(C)on3)n2)cc1. The first-order valence-electron chi connectivity index (χ1n) is 7.06. The van der Waals surface area contributed by atoms with Gasteiger partial charge >= 0.3 is 0 Å². The lowest BCUT2D eigenvalue weighted by Gasteiger charge is -2.01. The molecule has 0 atom stereocenters. The molecule has 0 aliphatic rings. The Kier molecular flexibility index (Phi) is 3.99. The molecule has 0 saturated carbocycles. The van der Waals surface area contributed by atoms with Crippen molar-refractivity contribution in [1.82, 2.24) is 15.3 Å². The van der Waals surface area contributed by atoms with Crippen LogP contribution >= 0.6 is 0 Å². The van der Waals surface area contributed by atoms with Crippen molar-refractivity contribution in [3.63, 3.8) is 0 Å². The Morgan fingerprint density at radius 3 is 2.43 bits per heavy atom. The number of rotatable bonds is 5. The van der Waals surface area contributed by atoms with Gasteiger partial charge in [-0.15, -0.1) is 0 Å². The van der Waals surface area contributed by atoms with E-state index in [1.54, 1.807) is 37.3 Å². The zero-order valence-corrected chi connectivity index (χ0v) is 13.5. The molecule has 8 heteroatoms. The first-order valence-corrected chi connectivity index (χ1v) is 8.71. The monoisotopic (exact) mass is 333 g/mol. The van der Waals surface area contributed by atoms with Crippen LogP contribution in [0.1, 0.15) is 24.3 Å². The molecule has 0 aliphatic carbocycles. The molecule has 2 heterocycles. The molecule has 23 heavy (non-hydrogen) atoms. The normalized spacial score (nSPS) is 11.7. The highest BCUT2D eigenvalue weighted by Gasteiger charge is 2.14. The van der Waals surface area contributed by atoms with Crippen LogP contribution in [-0.4, -0.2) is 29.5 Å². The smallest absolute Gasteiger partial charge is 0.233 e. The lowest BCUT2D eigenvalue weighted by molar-refractivity contribution is 0.371. The quantitative estimate of drug-likeness (QED) is 0.707. The lowest BCUT2D eigenvalue weighted by Crippen LogP contribution is -2.03. The van der Waals surface area contributed by atoms with E-state index in [2.05, 4.69) is 15.3 Å². The van der Waals surface area contributed by atoms with Gasteiger partial charge in [0.05, 0.1) is 22.8 Å². The second-order valence-electron chi connectivity index (χ2n) is 5.05. The summed E-state index contributed by atoms with van der Waals surface area (Å²) in [6.45, 7) is 3.42. The number of sulfone groups is 1. The number of aryl methyl sites for hydroxylation is 1. The van der Waals surface area contributed by atoms with Gasteiger partial charge in [-0.05, 0) is 31.2 Å².